The molecule has 2 aromatic rings. The normalized spacial score (nSPS) is 16.5. The Bertz CT molecular complexity index is 742. The largest absolute Gasteiger partial charge is 0.354 e. The van der Waals surface area contributed by atoms with Gasteiger partial charge in [-0.25, -0.2) is 9.97 Å². The molecule has 132 valence electrons. The van der Waals surface area contributed by atoms with Crippen LogP contribution in [-0.2, 0) is 12.0 Å². The van der Waals surface area contributed by atoms with E-state index in [1.54, 1.807) is 6.20 Å². The maximum absolute atomic E-state index is 8.82. The van der Waals surface area contributed by atoms with Gasteiger partial charge in [0.15, 0.2) is 11.5 Å². The molecule has 1 fully saturated rings. The summed E-state index contributed by atoms with van der Waals surface area (Å²) in [6, 6.07) is 1.99. The zero-order valence-electron chi connectivity index (χ0n) is 14.9. The van der Waals surface area contributed by atoms with Gasteiger partial charge in [0.25, 0.3) is 0 Å². The van der Waals surface area contributed by atoms with Crippen LogP contribution in [0.2, 0.25) is 0 Å². The highest BCUT2D eigenvalue weighted by Crippen LogP contribution is 2.20. The molecule has 3 heterocycles. The summed E-state index contributed by atoms with van der Waals surface area (Å²) in [5, 5.41) is 12.9. The van der Waals surface area contributed by atoms with Gasteiger partial charge in [-0.3, -0.25) is 4.90 Å². The van der Waals surface area contributed by atoms with E-state index in [4.69, 9.17) is 9.78 Å². The van der Waals surface area contributed by atoms with Crippen molar-refractivity contribution in [2.75, 3.05) is 31.1 Å². The Kier molecular flexibility index (Phi) is 4.95. The van der Waals surface area contributed by atoms with Gasteiger partial charge in [0, 0.05) is 31.6 Å². The molecule has 0 aliphatic carbocycles. The van der Waals surface area contributed by atoms with Crippen molar-refractivity contribution >= 4 is 5.82 Å². The van der Waals surface area contributed by atoms with Crippen molar-refractivity contribution in [3.63, 3.8) is 0 Å². The number of hydrogen-bond donors (Lipinski definition) is 0. The highest BCUT2D eigenvalue weighted by Gasteiger charge is 2.23. The molecule has 0 N–H and O–H groups in total. The van der Waals surface area contributed by atoms with Gasteiger partial charge >= 0.3 is 0 Å². The van der Waals surface area contributed by atoms with Crippen LogP contribution in [0.15, 0.2) is 16.9 Å². The molecule has 0 radical (unpaired) electrons. The van der Waals surface area contributed by atoms with Gasteiger partial charge in [0.2, 0.25) is 5.89 Å². The summed E-state index contributed by atoms with van der Waals surface area (Å²) in [4.78, 5) is 17.5. The Balaban J connectivity index is 1.59. The van der Waals surface area contributed by atoms with E-state index in [2.05, 4.69) is 50.7 Å². The zero-order chi connectivity index (χ0) is 17.9. The van der Waals surface area contributed by atoms with E-state index in [-0.39, 0.29) is 5.41 Å². The van der Waals surface area contributed by atoms with Crippen molar-refractivity contribution in [2.24, 2.45) is 0 Å². The van der Waals surface area contributed by atoms with Crippen molar-refractivity contribution < 1.29 is 4.52 Å². The van der Waals surface area contributed by atoms with E-state index >= 15 is 0 Å². The van der Waals surface area contributed by atoms with Crippen molar-refractivity contribution in [1.82, 2.24) is 25.0 Å². The maximum Gasteiger partial charge on any atom is 0.232 e. The quantitative estimate of drug-likeness (QED) is 0.833. The molecular weight excluding hydrogens is 318 g/mol. The van der Waals surface area contributed by atoms with Gasteiger partial charge < -0.3 is 9.42 Å². The first-order valence-corrected chi connectivity index (χ1v) is 8.48. The van der Waals surface area contributed by atoms with Crippen LogP contribution in [0.1, 0.15) is 44.6 Å². The van der Waals surface area contributed by atoms with E-state index in [1.807, 2.05) is 6.07 Å². The lowest BCUT2D eigenvalue weighted by Gasteiger charge is -2.21. The van der Waals surface area contributed by atoms with E-state index in [1.165, 1.54) is 6.20 Å². The standard InChI is InChI=1S/C17H23N7O/c1-17(2,3)16-21-14(22-25-16)12-23-5-4-6-24(8-7-23)15-11-19-13(9-18)10-20-15/h10-11H,4-8,12H2,1-3H3. The molecule has 0 aromatic carbocycles. The molecule has 8 heteroatoms. The van der Waals surface area contributed by atoms with Gasteiger partial charge in [0.1, 0.15) is 11.9 Å². The fraction of sp³-hybridized carbons (Fsp3) is 0.588. The number of nitrogens with zero attached hydrogens (tertiary/aromatic N) is 7. The second-order valence-electron chi connectivity index (χ2n) is 7.25. The van der Waals surface area contributed by atoms with Crippen molar-refractivity contribution in [3.8, 4) is 6.07 Å². The summed E-state index contributed by atoms with van der Waals surface area (Å²) in [6.45, 7) is 10.5. The lowest BCUT2D eigenvalue weighted by atomic mass is 9.97. The second-order valence-corrected chi connectivity index (χ2v) is 7.25. The molecule has 1 saturated heterocycles. The van der Waals surface area contributed by atoms with E-state index < -0.39 is 0 Å². The lowest BCUT2D eigenvalue weighted by molar-refractivity contribution is 0.269. The molecule has 0 atom stereocenters. The average molecular weight is 341 g/mol. The maximum atomic E-state index is 8.82. The zero-order valence-corrected chi connectivity index (χ0v) is 14.9. The minimum absolute atomic E-state index is 0.130. The van der Waals surface area contributed by atoms with E-state index in [9.17, 15) is 0 Å². The first-order chi connectivity index (χ1) is 12.0. The SMILES string of the molecule is CC(C)(C)c1nc(CN2CCCN(c3cnc(C#N)cn3)CC2)no1. The Morgan fingerprint density at radius 2 is 2.00 bits per heavy atom. The summed E-state index contributed by atoms with van der Waals surface area (Å²) in [5.41, 5.74) is 0.210. The molecule has 0 spiro atoms. The van der Waals surface area contributed by atoms with Crippen LogP contribution in [0.3, 0.4) is 0 Å². The molecule has 8 nitrogen and oxygen atoms in total. The van der Waals surface area contributed by atoms with Crippen molar-refractivity contribution in [1.29, 1.82) is 5.26 Å². The number of aromatic nitrogens is 4. The summed E-state index contributed by atoms with van der Waals surface area (Å²) < 4.78 is 5.37. The number of hydrogen-bond acceptors (Lipinski definition) is 8. The van der Waals surface area contributed by atoms with E-state index in [0.29, 0.717) is 18.1 Å². The Hall–Kier alpha value is -2.53. The summed E-state index contributed by atoms with van der Waals surface area (Å²) in [7, 11) is 0. The van der Waals surface area contributed by atoms with Crippen molar-refractivity contribution in [3.05, 3.63) is 29.8 Å². The molecule has 1 aliphatic rings. The van der Waals surface area contributed by atoms with Crippen LogP contribution >= 0.6 is 0 Å². The van der Waals surface area contributed by atoms with Crippen LogP contribution in [0, 0.1) is 11.3 Å². The Labute approximate surface area is 147 Å². The Morgan fingerprint density at radius 1 is 1.16 bits per heavy atom. The van der Waals surface area contributed by atoms with Gasteiger partial charge in [0.05, 0.1) is 18.9 Å². The van der Waals surface area contributed by atoms with Crippen LogP contribution < -0.4 is 4.90 Å². The topological polar surface area (TPSA) is 95.0 Å². The highest BCUT2D eigenvalue weighted by atomic mass is 16.5. The third kappa shape index (κ3) is 4.31. The van der Waals surface area contributed by atoms with Gasteiger partial charge in [-0.1, -0.05) is 25.9 Å². The summed E-state index contributed by atoms with van der Waals surface area (Å²) in [6.07, 6.45) is 4.21. The summed E-state index contributed by atoms with van der Waals surface area (Å²) in [5.74, 6) is 2.22. The number of anilines is 1. The third-order valence-corrected chi connectivity index (χ3v) is 4.14. The molecule has 0 unspecified atom stereocenters. The van der Waals surface area contributed by atoms with Gasteiger partial charge in [-0.05, 0) is 6.42 Å². The molecule has 1 aliphatic heterocycles. The third-order valence-electron chi connectivity index (χ3n) is 4.14. The summed E-state index contributed by atoms with van der Waals surface area (Å²) >= 11 is 0. The van der Waals surface area contributed by atoms with E-state index in [0.717, 1.165) is 44.2 Å². The number of nitriles is 1. The fourth-order valence-corrected chi connectivity index (χ4v) is 2.72. The van der Waals surface area contributed by atoms with Crippen LogP contribution in [0.4, 0.5) is 5.82 Å². The minimum atomic E-state index is -0.130. The van der Waals surface area contributed by atoms with Gasteiger partial charge in [-0.2, -0.15) is 10.2 Å². The molecule has 0 saturated carbocycles. The molecule has 25 heavy (non-hydrogen) atoms. The predicted octanol–water partition coefficient (Wildman–Crippen LogP) is 1.74. The molecule has 0 bridgehead atoms. The smallest absolute Gasteiger partial charge is 0.232 e. The van der Waals surface area contributed by atoms with Crippen molar-refractivity contribution in [2.45, 2.75) is 39.2 Å². The average Bonchev–Trinajstić information content (AvgIpc) is 2.94. The lowest BCUT2D eigenvalue weighted by Crippen LogP contribution is -2.31. The first kappa shape index (κ1) is 17.3. The number of rotatable bonds is 3. The molecule has 2 aromatic heterocycles. The van der Waals surface area contributed by atoms with Gasteiger partial charge in [-0.15, -0.1) is 0 Å². The monoisotopic (exact) mass is 341 g/mol. The van der Waals surface area contributed by atoms with Crippen LogP contribution in [0.25, 0.3) is 0 Å². The van der Waals surface area contributed by atoms with Crippen LogP contribution in [0.5, 0.6) is 0 Å². The molecule has 0 amide bonds. The minimum Gasteiger partial charge on any atom is -0.354 e. The first-order valence-electron chi connectivity index (χ1n) is 8.48. The van der Waals surface area contributed by atoms with Crippen LogP contribution in [-0.4, -0.2) is 51.2 Å². The Morgan fingerprint density at radius 3 is 2.64 bits per heavy atom. The molecule has 3 rings (SSSR count). The molecular formula is C17H23N7O. The second kappa shape index (κ2) is 7.15. The predicted molar refractivity (Wildman–Crippen MR) is 91.9 cm³/mol. The highest BCUT2D eigenvalue weighted by molar-refractivity contribution is 5.37. The fourth-order valence-electron chi connectivity index (χ4n) is 2.72.